The fourth-order valence-corrected chi connectivity index (χ4v) is 5.01. The second-order valence-electron chi connectivity index (χ2n) is 9.06. The molecule has 1 aromatic heterocycles. The average molecular weight is 586 g/mol. The predicted octanol–water partition coefficient (Wildman–Crippen LogP) is 7.89. The summed E-state index contributed by atoms with van der Waals surface area (Å²) < 4.78 is 52.9. The zero-order valence-corrected chi connectivity index (χ0v) is 21.9. The molecule has 2 heterocycles. The molecule has 4 aromatic rings. The lowest BCUT2D eigenvalue weighted by molar-refractivity contribution is -0.137. The number of hydrogen-bond acceptors (Lipinski definition) is 4. The van der Waals surface area contributed by atoms with Crippen LogP contribution < -0.4 is 15.1 Å². The van der Waals surface area contributed by atoms with E-state index in [1.807, 2.05) is 0 Å². The minimum Gasteiger partial charge on any atom is -0.494 e. The molecule has 0 N–H and O–H groups in total. The zero-order chi connectivity index (χ0) is 27.0. The number of hydrogen-bond donors (Lipinski definition) is 0. The summed E-state index contributed by atoms with van der Waals surface area (Å²) in [6, 6.07) is 15.2. The first-order valence-electron chi connectivity index (χ1n) is 12.2. The molecule has 0 saturated heterocycles. The van der Waals surface area contributed by atoms with Gasteiger partial charge in [-0.2, -0.15) is 13.2 Å². The van der Waals surface area contributed by atoms with Crippen molar-refractivity contribution in [2.24, 2.45) is 0 Å². The van der Waals surface area contributed by atoms with Crippen LogP contribution in [0.15, 0.2) is 80.4 Å². The fraction of sp³-hybridized carbons (Fsp3) is 0.241. The Labute approximate surface area is 225 Å². The molecule has 5 nitrogen and oxygen atoms in total. The molecule has 1 atom stereocenters. The maximum atomic E-state index is 13.7. The molecule has 0 saturated carbocycles. The summed E-state index contributed by atoms with van der Waals surface area (Å²) in [6.45, 7) is 2.66. The minimum absolute atomic E-state index is 0.00533. The minimum atomic E-state index is -4.60. The second-order valence-corrected chi connectivity index (χ2v) is 9.98. The molecule has 1 aliphatic heterocycles. The summed E-state index contributed by atoms with van der Waals surface area (Å²) in [4.78, 5) is 28.6. The van der Waals surface area contributed by atoms with Gasteiger partial charge in [-0.15, -0.1) is 0 Å². The summed E-state index contributed by atoms with van der Waals surface area (Å²) in [7, 11) is 0. The van der Waals surface area contributed by atoms with Crippen LogP contribution in [0.1, 0.15) is 59.5 Å². The number of nitrogens with zero attached hydrogens (tertiary/aromatic N) is 1. The molecule has 9 heteroatoms. The Bertz CT molecular complexity index is 1560. The maximum Gasteiger partial charge on any atom is 0.416 e. The number of amides is 1. The van der Waals surface area contributed by atoms with Crippen LogP contribution in [0, 0.1) is 0 Å². The van der Waals surface area contributed by atoms with Gasteiger partial charge in [-0.05, 0) is 60.5 Å². The van der Waals surface area contributed by atoms with Gasteiger partial charge >= 0.3 is 6.18 Å². The van der Waals surface area contributed by atoms with E-state index >= 15 is 0 Å². The topological polar surface area (TPSA) is 59.8 Å². The van der Waals surface area contributed by atoms with Crippen molar-refractivity contribution in [3.8, 4) is 5.75 Å². The van der Waals surface area contributed by atoms with Crippen molar-refractivity contribution in [1.29, 1.82) is 0 Å². The number of carbonyl (C=O) groups excluding carboxylic acids is 1. The highest BCUT2D eigenvalue weighted by Crippen LogP contribution is 2.43. The van der Waals surface area contributed by atoms with E-state index in [0.29, 0.717) is 22.4 Å². The van der Waals surface area contributed by atoms with E-state index in [0.717, 1.165) is 31.4 Å². The lowest BCUT2D eigenvalue weighted by Gasteiger charge is -2.26. The maximum absolute atomic E-state index is 13.7. The second kappa shape index (κ2) is 10.3. The van der Waals surface area contributed by atoms with Gasteiger partial charge < -0.3 is 9.15 Å². The number of fused-ring (bicyclic) bond motifs is 2. The molecule has 1 aliphatic rings. The average Bonchev–Trinajstić information content (AvgIpc) is 3.19. The van der Waals surface area contributed by atoms with Crippen molar-refractivity contribution >= 4 is 38.5 Å². The van der Waals surface area contributed by atoms with E-state index in [-0.39, 0.29) is 28.0 Å². The van der Waals surface area contributed by atoms with Gasteiger partial charge in [-0.3, -0.25) is 14.5 Å². The largest absolute Gasteiger partial charge is 0.494 e. The summed E-state index contributed by atoms with van der Waals surface area (Å²) in [5.74, 6) is -0.257. The van der Waals surface area contributed by atoms with Gasteiger partial charge in [0.15, 0.2) is 5.43 Å². The number of carbonyl (C=O) groups is 1. The van der Waals surface area contributed by atoms with Gasteiger partial charge in [-0.1, -0.05) is 53.9 Å². The van der Waals surface area contributed by atoms with E-state index in [1.54, 1.807) is 42.5 Å². The Hall–Kier alpha value is -3.59. The smallest absolute Gasteiger partial charge is 0.416 e. The molecule has 1 amide bonds. The zero-order valence-electron chi connectivity index (χ0n) is 20.3. The van der Waals surface area contributed by atoms with Crippen LogP contribution in [0.2, 0.25) is 0 Å². The first-order valence-corrected chi connectivity index (χ1v) is 13.0. The third kappa shape index (κ3) is 4.82. The number of ether oxygens (including phenoxy) is 1. The Morgan fingerprint density at radius 2 is 1.76 bits per heavy atom. The van der Waals surface area contributed by atoms with Crippen LogP contribution in [0.5, 0.6) is 5.75 Å². The molecular formula is C29H23BrF3NO4. The van der Waals surface area contributed by atoms with Gasteiger partial charge in [0, 0.05) is 10.2 Å². The number of benzene rings is 3. The third-order valence-electron chi connectivity index (χ3n) is 6.50. The SMILES string of the molecule is CCCCCOc1ccc(C2c3c(oc4ccc(Br)cc4c3=O)C(=O)N2c2cccc(C(F)(F)F)c2)cc1. The highest BCUT2D eigenvalue weighted by molar-refractivity contribution is 9.10. The first kappa shape index (κ1) is 26.0. The van der Waals surface area contributed by atoms with Gasteiger partial charge in [0.05, 0.1) is 29.2 Å². The molecule has 38 heavy (non-hydrogen) atoms. The molecule has 0 spiro atoms. The van der Waals surface area contributed by atoms with E-state index in [2.05, 4.69) is 22.9 Å². The third-order valence-corrected chi connectivity index (χ3v) is 6.99. The van der Waals surface area contributed by atoms with E-state index in [9.17, 15) is 22.8 Å². The van der Waals surface area contributed by atoms with Gasteiger partial charge in [0.1, 0.15) is 11.3 Å². The van der Waals surface area contributed by atoms with Crippen molar-refractivity contribution in [2.75, 3.05) is 11.5 Å². The normalized spacial score (nSPS) is 15.2. The van der Waals surface area contributed by atoms with Crippen molar-refractivity contribution < 1.29 is 27.1 Å². The molecule has 0 bridgehead atoms. The Morgan fingerprint density at radius 3 is 2.47 bits per heavy atom. The van der Waals surface area contributed by atoms with Crippen molar-refractivity contribution in [3.05, 3.63) is 104 Å². The van der Waals surface area contributed by atoms with Crippen LogP contribution in [0.25, 0.3) is 11.0 Å². The van der Waals surface area contributed by atoms with Gasteiger partial charge in [0.25, 0.3) is 5.91 Å². The fourth-order valence-electron chi connectivity index (χ4n) is 4.65. The quantitative estimate of drug-likeness (QED) is 0.207. The number of halogens is 4. The lowest BCUT2D eigenvalue weighted by atomic mass is 9.98. The van der Waals surface area contributed by atoms with Crippen molar-refractivity contribution in [2.45, 2.75) is 38.4 Å². The monoisotopic (exact) mass is 585 g/mol. The van der Waals surface area contributed by atoms with Crippen LogP contribution in [0.3, 0.4) is 0 Å². The molecular weight excluding hydrogens is 563 g/mol. The van der Waals surface area contributed by atoms with Crippen LogP contribution >= 0.6 is 15.9 Å². The molecule has 0 radical (unpaired) electrons. The van der Waals surface area contributed by atoms with Crippen molar-refractivity contribution in [3.63, 3.8) is 0 Å². The highest BCUT2D eigenvalue weighted by Gasteiger charge is 2.44. The number of alkyl halides is 3. The molecule has 196 valence electrons. The number of unbranched alkanes of at least 4 members (excludes halogenated alkanes) is 2. The molecule has 5 rings (SSSR count). The standard InChI is InChI=1S/C29H23BrF3NO4/c1-2-3-4-14-37-21-11-8-17(9-12-21)25-24-26(35)22-16-19(30)10-13-23(22)38-27(24)28(36)34(25)20-7-5-6-18(15-20)29(31,32)33/h5-13,15-16,25H,2-4,14H2,1H3. The number of anilines is 1. The Balaban J connectivity index is 1.64. The van der Waals surface area contributed by atoms with Crippen LogP contribution in [-0.4, -0.2) is 12.5 Å². The van der Waals surface area contributed by atoms with E-state index in [4.69, 9.17) is 9.15 Å². The summed E-state index contributed by atoms with van der Waals surface area (Å²) in [6.07, 6.45) is -1.58. The summed E-state index contributed by atoms with van der Waals surface area (Å²) >= 11 is 3.35. The number of rotatable bonds is 7. The molecule has 1 unspecified atom stereocenters. The predicted molar refractivity (Wildman–Crippen MR) is 142 cm³/mol. The summed E-state index contributed by atoms with van der Waals surface area (Å²) in [5.41, 5.74) is -0.486. The molecule has 0 fully saturated rings. The molecule has 0 aliphatic carbocycles. The van der Waals surface area contributed by atoms with Crippen LogP contribution in [0.4, 0.5) is 18.9 Å². The van der Waals surface area contributed by atoms with Gasteiger partial charge in [-0.25, -0.2) is 0 Å². The van der Waals surface area contributed by atoms with Crippen LogP contribution in [-0.2, 0) is 6.18 Å². The Kier molecular flexibility index (Phi) is 7.05. The lowest BCUT2D eigenvalue weighted by Crippen LogP contribution is -2.29. The highest BCUT2D eigenvalue weighted by atomic mass is 79.9. The van der Waals surface area contributed by atoms with Gasteiger partial charge in [0.2, 0.25) is 5.76 Å². The summed E-state index contributed by atoms with van der Waals surface area (Å²) in [5, 5.41) is 0.262. The molecule has 3 aromatic carbocycles. The van der Waals surface area contributed by atoms with E-state index in [1.165, 1.54) is 17.0 Å². The van der Waals surface area contributed by atoms with Crippen molar-refractivity contribution in [1.82, 2.24) is 0 Å². The first-order chi connectivity index (χ1) is 18.2. The Morgan fingerprint density at radius 1 is 1.00 bits per heavy atom. The van der Waals surface area contributed by atoms with E-state index < -0.39 is 29.1 Å².